The predicted octanol–water partition coefficient (Wildman–Crippen LogP) is 7.84. The minimum atomic E-state index is -0.564. The van der Waals surface area contributed by atoms with Crippen LogP contribution in [0, 0.1) is 11.6 Å². The van der Waals surface area contributed by atoms with Crippen molar-refractivity contribution in [2.45, 2.75) is 99.6 Å². The Morgan fingerprint density at radius 1 is 0.672 bits per heavy atom. The molecule has 4 aliphatic heterocycles. The maximum absolute atomic E-state index is 13.9. The molecule has 5 N–H and O–H groups in total. The normalized spacial score (nSPS) is 20.6. The van der Waals surface area contributed by atoms with E-state index in [1.54, 1.807) is 17.0 Å². The Bertz CT molecular complexity index is 3160. The number of nitrogens with one attached hydrogen (secondary N) is 5. The summed E-state index contributed by atoms with van der Waals surface area (Å²) in [6, 6.07) is 17.0. The van der Waals surface area contributed by atoms with Crippen LogP contribution in [-0.4, -0.2) is 85.6 Å². The quantitative estimate of drug-likeness (QED) is 0.119. The van der Waals surface area contributed by atoms with Gasteiger partial charge in [0.05, 0.1) is 55.8 Å². The van der Waals surface area contributed by atoms with Gasteiger partial charge in [0, 0.05) is 72.2 Å². The molecule has 0 unspecified atom stereocenters. The van der Waals surface area contributed by atoms with Crippen LogP contribution >= 0.6 is 0 Å². The van der Waals surface area contributed by atoms with Crippen LogP contribution in [0.15, 0.2) is 73.1 Å². The summed E-state index contributed by atoms with van der Waals surface area (Å²) < 4.78 is 33.3. The Kier molecular flexibility index (Phi) is 8.31. The Morgan fingerprint density at radius 2 is 1.15 bits per heavy atom. The van der Waals surface area contributed by atoms with Crippen LogP contribution in [0.4, 0.5) is 13.6 Å². The number of fused-ring (bicyclic) bond motifs is 14. The Balaban J connectivity index is 0.000000136. The van der Waals surface area contributed by atoms with Gasteiger partial charge in [0.2, 0.25) is 0 Å². The highest BCUT2D eigenvalue weighted by Crippen LogP contribution is 2.60. The van der Waals surface area contributed by atoms with Gasteiger partial charge in [-0.25, -0.2) is 13.6 Å². The Morgan fingerprint density at radius 3 is 1.58 bits per heavy atom. The molecule has 8 aliphatic rings. The Labute approximate surface area is 385 Å². The number of hydrogen-bond acceptors (Lipinski definition) is 7. The summed E-state index contributed by atoms with van der Waals surface area (Å²) in [6.45, 7) is 8.41. The number of amides is 3. The zero-order valence-electron chi connectivity index (χ0n) is 37.6. The van der Waals surface area contributed by atoms with Gasteiger partial charge in [0.1, 0.15) is 17.2 Å². The van der Waals surface area contributed by atoms with Gasteiger partial charge in [-0.05, 0) is 131 Å². The number of aromatic nitrogens is 4. The van der Waals surface area contributed by atoms with Gasteiger partial charge in [-0.2, -0.15) is 0 Å². The van der Waals surface area contributed by atoms with E-state index >= 15 is 0 Å². The number of pyridine rings is 2. The number of halogens is 2. The fraction of sp³-hybridized carbons (Fsp3) is 0.377. The lowest BCUT2D eigenvalue weighted by Gasteiger charge is -2.56. The predicted molar refractivity (Wildman–Crippen MR) is 247 cm³/mol. The van der Waals surface area contributed by atoms with Crippen LogP contribution in [0.1, 0.15) is 101 Å². The fourth-order valence-electron chi connectivity index (χ4n) is 12.4. The summed E-state index contributed by atoms with van der Waals surface area (Å²) in [5.74, 6) is -0.538. The van der Waals surface area contributed by atoms with Gasteiger partial charge in [-0.15, -0.1) is 0 Å². The molecule has 4 spiro atoms. The zero-order valence-corrected chi connectivity index (χ0v) is 37.6. The molecule has 8 heterocycles. The van der Waals surface area contributed by atoms with Crippen LogP contribution in [0.3, 0.4) is 0 Å². The van der Waals surface area contributed by atoms with Crippen molar-refractivity contribution < 1.29 is 27.9 Å². The molecule has 340 valence electrons. The number of aromatic amines is 2. The summed E-state index contributed by atoms with van der Waals surface area (Å²) in [6.07, 6.45) is 10.5. The van der Waals surface area contributed by atoms with E-state index in [2.05, 4.69) is 35.9 Å². The average molecular weight is 901 g/mol. The van der Waals surface area contributed by atoms with E-state index < -0.39 is 5.60 Å². The topological polar surface area (TPSA) is 157 Å². The first-order valence-electron chi connectivity index (χ1n) is 23.5. The lowest BCUT2D eigenvalue weighted by atomic mass is 9.65. The maximum atomic E-state index is 13.9. The molecule has 4 fully saturated rings. The van der Waals surface area contributed by atoms with E-state index in [-0.39, 0.29) is 51.4 Å². The van der Waals surface area contributed by atoms with Crippen LogP contribution in [0.25, 0.3) is 45.0 Å². The van der Waals surface area contributed by atoms with Gasteiger partial charge < -0.3 is 35.6 Å². The smallest absolute Gasteiger partial charge is 0.410 e. The number of hydrogen-bond donors (Lipinski definition) is 5. The maximum Gasteiger partial charge on any atom is 0.410 e. The van der Waals surface area contributed by atoms with Gasteiger partial charge in [-0.3, -0.25) is 19.6 Å². The molecule has 12 nitrogen and oxygen atoms in total. The number of ether oxygens (including phenoxy) is 1. The van der Waals surface area contributed by atoms with Crippen LogP contribution in [0.2, 0.25) is 0 Å². The largest absolute Gasteiger partial charge is 0.444 e. The van der Waals surface area contributed by atoms with Gasteiger partial charge >= 0.3 is 6.09 Å². The van der Waals surface area contributed by atoms with E-state index in [1.165, 1.54) is 29.8 Å². The standard InChI is InChI=1S/C29H29FN4O3.C24H21FN4O/c1-27(2,3)37-26(36)34-14-28(15-34)24-22(25(35)33-29(28)9-10-29)19-8-7-17-13-31-21(12-20(17)23(19)32-24)16-5-4-6-18(30)11-16;25-15-3-1-2-13(8-15)18-9-17-14(10-27-18)4-5-16-19-21(28-20(16)17)23(11-26-12-23)24(6-7-24)29-22(19)30/h4-6,11-13,32H,7-10,14-15H2,1-3H3,(H,33,35);1-3,8-10,26,28H,4-7,11-12H2,(H,29,30). The second-order valence-electron chi connectivity index (χ2n) is 21.1. The fourth-order valence-corrected chi connectivity index (χ4v) is 12.4. The minimum Gasteiger partial charge on any atom is -0.444 e. The van der Waals surface area contributed by atoms with E-state index in [4.69, 9.17) is 4.74 Å². The number of nitrogens with zero attached hydrogens (tertiary/aromatic N) is 3. The minimum absolute atomic E-state index is 0.0217. The third kappa shape index (κ3) is 5.87. The molecular weight excluding hydrogens is 851 g/mol. The highest BCUT2D eigenvalue weighted by Gasteiger charge is 2.71. The van der Waals surface area contributed by atoms with E-state index in [0.29, 0.717) is 24.3 Å². The summed E-state index contributed by atoms with van der Waals surface area (Å²) in [5.41, 5.74) is 13.7. The van der Waals surface area contributed by atoms with Gasteiger partial charge in [0.15, 0.2) is 0 Å². The molecule has 14 rings (SSSR count). The molecule has 6 aromatic rings. The first-order valence-corrected chi connectivity index (χ1v) is 23.5. The van der Waals surface area contributed by atoms with E-state index in [1.807, 2.05) is 57.4 Å². The third-order valence-electron chi connectivity index (χ3n) is 16.1. The molecule has 0 bridgehead atoms. The lowest BCUT2D eigenvalue weighted by molar-refractivity contribution is -0.0240. The molecule has 2 aromatic carbocycles. The van der Waals surface area contributed by atoms with Crippen molar-refractivity contribution in [3.63, 3.8) is 0 Å². The number of aryl methyl sites for hydroxylation is 2. The first kappa shape index (κ1) is 40.6. The highest BCUT2D eigenvalue weighted by molar-refractivity contribution is 6.04. The molecule has 14 heteroatoms. The van der Waals surface area contributed by atoms with Crippen LogP contribution in [-0.2, 0) is 41.3 Å². The number of rotatable bonds is 2. The van der Waals surface area contributed by atoms with Gasteiger partial charge in [-0.1, -0.05) is 24.3 Å². The second-order valence-corrected chi connectivity index (χ2v) is 21.1. The number of H-pyrrole nitrogens is 2. The molecule has 2 saturated heterocycles. The average Bonchev–Trinajstić information content (AvgIpc) is 4.13. The van der Waals surface area contributed by atoms with Crippen molar-refractivity contribution in [2.75, 3.05) is 26.2 Å². The summed E-state index contributed by atoms with van der Waals surface area (Å²) in [5, 5.41) is 10.1. The molecule has 67 heavy (non-hydrogen) atoms. The SMILES string of the molecule is CC(C)(C)OC(=O)N1CC2(C1)c1[nH]c3c(c1C(=O)NC21CC1)CCc1cnc(-c2cccc(F)c2)cc1-3.O=C1NC2(CC2)C2(CNC2)c2[nH]c3c(c21)CCc1cnc(-c2cccc(F)c2)cc1-3. The van der Waals surface area contributed by atoms with Crippen molar-refractivity contribution in [2.24, 2.45) is 0 Å². The lowest BCUT2D eigenvalue weighted by Crippen LogP contribution is -2.73. The summed E-state index contributed by atoms with van der Waals surface area (Å²) >= 11 is 0. The number of carbonyl (C=O) groups excluding carboxylic acids is 3. The second kappa shape index (κ2) is 13.7. The Hall–Kier alpha value is -6.67. The van der Waals surface area contributed by atoms with Gasteiger partial charge in [0.25, 0.3) is 11.8 Å². The van der Waals surface area contributed by atoms with E-state index in [0.717, 1.165) is 137 Å². The van der Waals surface area contributed by atoms with Crippen molar-refractivity contribution in [3.8, 4) is 45.0 Å². The molecule has 2 saturated carbocycles. The molecular formula is C53H50F2N8O4. The monoisotopic (exact) mass is 900 g/mol. The molecule has 0 radical (unpaired) electrons. The van der Waals surface area contributed by atoms with Crippen molar-refractivity contribution in [1.29, 1.82) is 0 Å². The van der Waals surface area contributed by atoms with Crippen molar-refractivity contribution in [1.82, 2.24) is 40.8 Å². The zero-order chi connectivity index (χ0) is 45.8. The van der Waals surface area contributed by atoms with Crippen molar-refractivity contribution >= 4 is 17.9 Å². The molecule has 0 atom stereocenters. The summed E-state index contributed by atoms with van der Waals surface area (Å²) in [7, 11) is 0. The van der Waals surface area contributed by atoms with Crippen molar-refractivity contribution in [3.05, 3.63) is 129 Å². The number of benzene rings is 2. The molecule has 4 aliphatic carbocycles. The van der Waals surface area contributed by atoms with Crippen LogP contribution in [0.5, 0.6) is 0 Å². The number of carbonyl (C=O) groups is 3. The third-order valence-corrected chi connectivity index (χ3v) is 16.1. The van der Waals surface area contributed by atoms with E-state index in [9.17, 15) is 23.2 Å². The summed E-state index contributed by atoms with van der Waals surface area (Å²) in [4.78, 5) is 57.7. The number of likely N-dealkylation sites (tertiary alicyclic amines) is 1. The molecule has 3 amide bonds. The van der Waals surface area contributed by atoms with Crippen LogP contribution < -0.4 is 16.0 Å². The first-order chi connectivity index (χ1) is 32.2. The molecule has 4 aromatic heterocycles. The highest BCUT2D eigenvalue weighted by atomic mass is 19.1.